The molecule has 6 heteroatoms. The van der Waals surface area contributed by atoms with Crippen LogP contribution in [-0.2, 0) is 23.0 Å². The van der Waals surface area contributed by atoms with Crippen LogP contribution in [0.1, 0.15) is 11.1 Å². The summed E-state index contributed by atoms with van der Waals surface area (Å²) in [7, 11) is -3.64. The van der Waals surface area contributed by atoms with Crippen LogP contribution in [0.5, 0.6) is 0 Å². The van der Waals surface area contributed by atoms with Gasteiger partial charge in [-0.15, -0.1) is 0 Å². The average Bonchev–Trinajstić information content (AvgIpc) is 2.49. The van der Waals surface area contributed by atoms with Gasteiger partial charge in [0.15, 0.2) is 0 Å². The van der Waals surface area contributed by atoms with E-state index in [-0.39, 0.29) is 9.92 Å². The van der Waals surface area contributed by atoms with E-state index >= 15 is 0 Å². The van der Waals surface area contributed by atoms with E-state index in [2.05, 4.69) is 0 Å². The number of anilines is 1. The van der Waals surface area contributed by atoms with Gasteiger partial charge in [-0.3, -0.25) is 0 Å². The summed E-state index contributed by atoms with van der Waals surface area (Å²) in [4.78, 5) is 0.0727. The maximum atomic E-state index is 12.8. The quantitative estimate of drug-likeness (QED) is 0.865. The molecule has 0 fully saturated rings. The molecular weight excluding hydrogens is 308 g/mol. The molecule has 0 spiro atoms. The van der Waals surface area contributed by atoms with Gasteiger partial charge in [0.05, 0.1) is 5.02 Å². The third kappa shape index (κ3) is 2.64. The Hall–Kier alpha value is -1.56. The van der Waals surface area contributed by atoms with Gasteiger partial charge in [0, 0.05) is 18.8 Å². The first-order chi connectivity index (χ1) is 9.98. The fraction of sp³-hybridized carbons (Fsp3) is 0.200. The van der Waals surface area contributed by atoms with Crippen molar-refractivity contribution in [3.8, 4) is 0 Å². The Kier molecular flexibility index (Phi) is 3.65. The maximum absolute atomic E-state index is 12.8. The highest BCUT2D eigenvalue weighted by Crippen LogP contribution is 2.30. The molecule has 2 N–H and O–H groups in total. The number of fused-ring (bicyclic) bond motifs is 1. The predicted octanol–water partition coefficient (Wildman–Crippen LogP) is 2.67. The minimum Gasteiger partial charge on any atom is -0.399 e. The summed E-state index contributed by atoms with van der Waals surface area (Å²) in [5.41, 5.74) is 8.30. The lowest BCUT2D eigenvalue weighted by atomic mass is 10.0. The summed E-state index contributed by atoms with van der Waals surface area (Å²) in [5, 5.41) is 0.197. The predicted molar refractivity (Wildman–Crippen MR) is 83.6 cm³/mol. The first kappa shape index (κ1) is 14.4. The van der Waals surface area contributed by atoms with Gasteiger partial charge in [0.25, 0.3) is 0 Å². The van der Waals surface area contributed by atoms with Gasteiger partial charge in [0.2, 0.25) is 10.0 Å². The van der Waals surface area contributed by atoms with Crippen LogP contribution in [0, 0.1) is 0 Å². The second-order valence-corrected chi connectivity index (χ2v) is 7.36. The maximum Gasteiger partial charge on any atom is 0.244 e. The second-order valence-electron chi connectivity index (χ2n) is 5.05. The Labute approximate surface area is 129 Å². The Balaban J connectivity index is 1.99. The lowest BCUT2D eigenvalue weighted by Crippen LogP contribution is -2.36. The first-order valence-electron chi connectivity index (χ1n) is 6.60. The smallest absolute Gasteiger partial charge is 0.244 e. The van der Waals surface area contributed by atoms with E-state index in [0.717, 1.165) is 5.56 Å². The lowest BCUT2D eigenvalue weighted by molar-refractivity contribution is 0.391. The van der Waals surface area contributed by atoms with Crippen LogP contribution in [-0.4, -0.2) is 19.3 Å². The molecule has 1 aliphatic rings. The molecule has 0 atom stereocenters. The van der Waals surface area contributed by atoms with E-state index in [1.165, 1.54) is 22.0 Å². The molecule has 4 nitrogen and oxygen atoms in total. The SMILES string of the molecule is Nc1ccc(Cl)c(S(=O)(=O)N2CCc3ccccc3C2)c1. The lowest BCUT2D eigenvalue weighted by Gasteiger charge is -2.28. The second kappa shape index (κ2) is 5.33. The minimum absolute atomic E-state index is 0.0727. The summed E-state index contributed by atoms with van der Waals surface area (Å²) in [6, 6.07) is 12.4. The van der Waals surface area contributed by atoms with Crippen molar-refractivity contribution in [1.29, 1.82) is 0 Å². The van der Waals surface area contributed by atoms with Gasteiger partial charge >= 0.3 is 0 Å². The molecule has 0 aliphatic carbocycles. The molecule has 0 bridgehead atoms. The largest absolute Gasteiger partial charge is 0.399 e. The molecule has 2 aromatic rings. The summed E-state index contributed by atoms with van der Waals surface area (Å²) in [6.45, 7) is 0.814. The van der Waals surface area contributed by atoms with Crippen LogP contribution >= 0.6 is 11.6 Å². The number of nitrogen functional groups attached to an aromatic ring is 1. The minimum atomic E-state index is -3.64. The highest BCUT2D eigenvalue weighted by Gasteiger charge is 2.29. The fourth-order valence-corrected chi connectivity index (χ4v) is 4.46. The highest BCUT2D eigenvalue weighted by atomic mass is 35.5. The average molecular weight is 323 g/mol. The van der Waals surface area contributed by atoms with E-state index in [4.69, 9.17) is 17.3 Å². The molecule has 0 aromatic heterocycles. The van der Waals surface area contributed by atoms with Crippen molar-refractivity contribution < 1.29 is 8.42 Å². The molecule has 1 aliphatic heterocycles. The fourth-order valence-electron chi connectivity index (χ4n) is 2.53. The van der Waals surface area contributed by atoms with Crippen LogP contribution in [0.4, 0.5) is 5.69 Å². The molecule has 3 rings (SSSR count). The number of sulfonamides is 1. The van der Waals surface area contributed by atoms with Crippen molar-refractivity contribution in [3.63, 3.8) is 0 Å². The molecule has 2 aromatic carbocycles. The molecule has 0 radical (unpaired) electrons. The van der Waals surface area contributed by atoms with E-state index < -0.39 is 10.0 Å². The zero-order valence-corrected chi connectivity index (χ0v) is 12.9. The van der Waals surface area contributed by atoms with E-state index in [1.807, 2.05) is 24.3 Å². The Morgan fingerprint density at radius 2 is 1.81 bits per heavy atom. The highest BCUT2D eigenvalue weighted by molar-refractivity contribution is 7.89. The molecular formula is C15H15ClN2O2S. The van der Waals surface area contributed by atoms with Crippen molar-refractivity contribution in [2.24, 2.45) is 0 Å². The molecule has 0 saturated carbocycles. The van der Waals surface area contributed by atoms with E-state index in [9.17, 15) is 8.42 Å². The van der Waals surface area contributed by atoms with Crippen molar-refractivity contribution in [2.45, 2.75) is 17.9 Å². The normalized spacial score (nSPS) is 15.7. The van der Waals surface area contributed by atoms with Crippen molar-refractivity contribution in [1.82, 2.24) is 4.31 Å². The van der Waals surface area contributed by atoms with E-state index in [1.54, 1.807) is 6.07 Å². The summed E-state index contributed by atoms with van der Waals surface area (Å²) >= 11 is 6.04. The zero-order valence-electron chi connectivity index (χ0n) is 11.3. The number of rotatable bonds is 2. The van der Waals surface area contributed by atoms with Gasteiger partial charge in [-0.1, -0.05) is 35.9 Å². The third-order valence-electron chi connectivity index (χ3n) is 3.67. The molecule has 21 heavy (non-hydrogen) atoms. The van der Waals surface area contributed by atoms with Gasteiger partial charge in [-0.25, -0.2) is 8.42 Å². The topological polar surface area (TPSA) is 63.4 Å². The summed E-state index contributed by atoms with van der Waals surface area (Å²) in [6.07, 6.45) is 0.704. The molecule has 0 amide bonds. The van der Waals surface area contributed by atoms with E-state index in [0.29, 0.717) is 25.2 Å². The standard InChI is InChI=1S/C15H15ClN2O2S/c16-14-6-5-13(17)9-15(14)21(19,20)18-8-7-11-3-1-2-4-12(11)10-18/h1-6,9H,7-8,10,17H2. The summed E-state index contributed by atoms with van der Waals surface area (Å²) < 4.78 is 27.0. The monoisotopic (exact) mass is 322 g/mol. The van der Waals surface area contributed by atoms with Crippen molar-refractivity contribution in [3.05, 3.63) is 58.6 Å². The number of hydrogen-bond donors (Lipinski definition) is 1. The third-order valence-corrected chi connectivity index (χ3v) is 6.00. The first-order valence-corrected chi connectivity index (χ1v) is 8.42. The molecule has 1 heterocycles. The van der Waals surface area contributed by atoms with Gasteiger partial charge in [0.1, 0.15) is 4.90 Å². The number of benzene rings is 2. The van der Waals surface area contributed by atoms with Crippen LogP contribution in [0.25, 0.3) is 0 Å². The zero-order chi connectivity index (χ0) is 15.0. The van der Waals surface area contributed by atoms with Crippen LogP contribution < -0.4 is 5.73 Å². The summed E-state index contributed by atoms with van der Waals surface area (Å²) in [5.74, 6) is 0. The molecule has 0 saturated heterocycles. The molecule has 110 valence electrons. The Morgan fingerprint density at radius 1 is 1.10 bits per heavy atom. The number of halogens is 1. The van der Waals surface area contributed by atoms with Crippen molar-refractivity contribution >= 4 is 27.3 Å². The number of hydrogen-bond acceptors (Lipinski definition) is 3. The van der Waals surface area contributed by atoms with Gasteiger partial charge in [-0.05, 0) is 35.7 Å². The number of nitrogens with two attached hydrogens (primary N) is 1. The molecule has 0 unspecified atom stereocenters. The van der Waals surface area contributed by atoms with Crippen molar-refractivity contribution in [2.75, 3.05) is 12.3 Å². The van der Waals surface area contributed by atoms with Crippen LogP contribution in [0.15, 0.2) is 47.4 Å². The van der Waals surface area contributed by atoms with Crippen LogP contribution in [0.2, 0.25) is 5.02 Å². The van der Waals surface area contributed by atoms with Crippen LogP contribution in [0.3, 0.4) is 0 Å². The van der Waals surface area contributed by atoms with Gasteiger partial charge < -0.3 is 5.73 Å². The Morgan fingerprint density at radius 3 is 2.57 bits per heavy atom. The Bertz CT molecular complexity index is 790. The van der Waals surface area contributed by atoms with Gasteiger partial charge in [-0.2, -0.15) is 4.31 Å². The number of nitrogens with zero attached hydrogens (tertiary/aromatic N) is 1.